The molecule has 7 nitrogen and oxygen atoms in total. The SMILES string of the molecule is O=[N+]([O-])c1cnc(NCC(O)c2cccc(F)c2)nc1. The van der Waals surface area contributed by atoms with Crippen LogP contribution in [0.4, 0.5) is 16.0 Å². The fourth-order valence-electron chi connectivity index (χ4n) is 1.53. The third kappa shape index (κ3) is 3.45. The minimum atomic E-state index is -0.940. The Morgan fingerprint density at radius 1 is 1.40 bits per heavy atom. The van der Waals surface area contributed by atoms with E-state index in [-0.39, 0.29) is 18.2 Å². The molecule has 104 valence electrons. The van der Waals surface area contributed by atoms with E-state index in [4.69, 9.17) is 0 Å². The summed E-state index contributed by atoms with van der Waals surface area (Å²) in [4.78, 5) is 17.3. The molecule has 1 unspecified atom stereocenters. The lowest BCUT2D eigenvalue weighted by atomic mass is 10.1. The van der Waals surface area contributed by atoms with Crippen molar-refractivity contribution in [3.05, 3.63) is 58.2 Å². The highest BCUT2D eigenvalue weighted by molar-refractivity contribution is 5.31. The zero-order chi connectivity index (χ0) is 14.5. The second kappa shape index (κ2) is 6.02. The predicted octanol–water partition coefficient (Wildman–Crippen LogP) is 1.67. The first-order valence-electron chi connectivity index (χ1n) is 5.70. The monoisotopic (exact) mass is 278 g/mol. The maximum absolute atomic E-state index is 13.0. The molecule has 2 N–H and O–H groups in total. The molecule has 2 rings (SSSR count). The fourth-order valence-corrected chi connectivity index (χ4v) is 1.53. The average Bonchev–Trinajstić information content (AvgIpc) is 2.45. The van der Waals surface area contributed by atoms with Crippen LogP contribution in [0, 0.1) is 15.9 Å². The molecule has 1 aromatic heterocycles. The van der Waals surface area contributed by atoms with Crippen molar-refractivity contribution in [2.75, 3.05) is 11.9 Å². The molecule has 2 aromatic rings. The van der Waals surface area contributed by atoms with Gasteiger partial charge >= 0.3 is 5.69 Å². The van der Waals surface area contributed by atoms with Crippen LogP contribution in [0.5, 0.6) is 0 Å². The summed E-state index contributed by atoms with van der Waals surface area (Å²) in [6, 6.07) is 5.59. The van der Waals surface area contributed by atoms with E-state index in [1.54, 1.807) is 6.07 Å². The predicted molar refractivity (Wildman–Crippen MR) is 68.5 cm³/mol. The van der Waals surface area contributed by atoms with Crippen molar-refractivity contribution in [1.82, 2.24) is 9.97 Å². The van der Waals surface area contributed by atoms with Gasteiger partial charge in [-0.1, -0.05) is 12.1 Å². The van der Waals surface area contributed by atoms with E-state index in [0.717, 1.165) is 12.4 Å². The first-order valence-corrected chi connectivity index (χ1v) is 5.70. The summed E-state index contributed by atoms with van der Waals surface area (Å²) in [7, 11) is 0. The van der Waals surface area contributed by atoms with Crippen molar-refractivity contribution in [1.29, 1.82) is 0 Å². The van der Waals surface area contributed by atoms with Crippen molar-refractivity contribution in [2.45, 2.75) is 6.10 Å². The number of hydrogen-bond acceptors (Lipinski definition) is 6. The molecule has 0 fully saturated rings. The number of nitrogens with zero attached hydrogens (tertiary/aromatic N) is 3. The molecule has 0 saturated carbocycles. The topological polar surface area (TPSA) is 101 Å². The second-order valence-corrected chi connectivity index (χ2v) is 3.97. The Kier molecular flexibility index (Phi) is 4.16. The highest BCUT2D eigenvalue weighted by Gasteiger charge is 2.10. The molecule has 0 aliphatic rings. The molecule has 20 heavy (non-hydrogen) atoms. The van der Waals surface area contributed by atoms with Gasteiger partial charge in [-0.3, -0.25) is 10.1 Å². The lowest BCUT2D eigenvalue weighted by Crippen LogP contribution is -2.14. The first kappa shape index (κ1) is 13.8. The van der Waals surface area contributed by atoms with Gasteiger partial charge in [-0.05, 0) is 17.7 Å². The van der Waals surface area contributed by atoms with E-state index in [1.807, 2.05) is 0 Å². The maximum Gasteiger partial charge on any atom is 0.305 e. The number of aliphatic hydroxyl groups is 1. The molecule has 0 saturated heterocycles. The number of anilines is 1. The minimum Gasteiger partial charge on any atom is -0.387 e. The highest BCUT2D eigenvalue weighted by Crippen LogP contribution is 2.15. The largest absolute Gasteiger partial charge is 0.387 e. The van der Waals surface area contributed by atoms with Gasteiger partial charge in [0.2, 0.25) is 5.95 Å². The van der Waals surface area contributed by atoms with Crippen molar-refractivity contribution in [3.63, 3.8) is 0 Å². The maximum atomic E-state index is 13.0. The van der Waals surface area contributed by atoms with E-state index in [0.29, 0.717) is 5.56 Å². The number of benzene rings is 1. The Morgan fingerprint density at radius 3 is 2.70 bits per heavy atom. The molecule has 0 aliphatic heterocycles. The number of aliphatic hydroxyl groups excluding tert-OH is 1. The number of nitro groups is 1. The first-order chi connectivity index (χ1) is 9.56. The summed E-state index contributed by atoms with van der Waals surface area (Å²) >= 11 is 0. The van der Waals surface area contributed by atoms with Gasteiger partial charge in [0.1, 0.15) is 18.2 Å². The molecule has 0 bridgehead atoms. The molecule has 1 atom stereocenters. The molecule has 0 amide bonds. The standard InChI is InChI=1S/C12H11FN4O3/c13-9-3-1-2-8(4-9)11(18)7-16-12-14-5-10(6-15-12)17(19)20/h1-6,11,18H,7H2,(H,14,15,16). The third-order valence-electron chi connectivity index (χ3n) is 2.54. The van der Waals surface area contributed by atoms with Crippen LogP contribution in [-0.2, 0) is 0 Å². The van der Waals surface area contributed by atoms with E-state index >= 15 is 0 Å². The van der Waals surface area contributed by atoms with Gasteiger partial charge in [-0.2, -0.15) is 0 Å². The van der Waals surface area contributed by atoms with Gasteiger partial charge in [-0.15, -0.1) is 0 Å². The zero-order valence-corrected chi connectivity index (χ0v) is 10.2. The third-order valence-corrected chi connectivity index (χ3v) is 2.54. The minimum absolute atomic E-state index is 0.0568. The van der Waals surface area contributed by atoms with Crippen molar-refractivity contribution in [2.24, 2.45) is 0 Å². The molecule has 1 heterocycles. The number of nitrogens with one attached hydrogen (secondary N) is 1. The van der Waals surface area contributed by atoms with Crippen LogP contribution in [0.2, 0.25) is 0 Å². The van der Waals surface area contributed by atoms with Crippen LogP contribution >= 0.6 is 0 Å². The molecular weight excluding hydrogens is 267 g/mol. The van der Waals surface area contributed by atoms with Crippen molar-refractivity contribution >= 4 is 11.6 Å². The van der Waals surface area contributed by atoms with Crippen molar-refractivity contribution < 1.29 is 14.4 Å². The number of rotatable bonds is 5. The van der Waals surface area contributed by atoms with Gasteiger partial charge in [-0.25, -0.2) is 14.4 Å². The Morgan fingerprint density at radius 2 is 2.10 bits per heavy atom. The van der Waals surface area contributed by atoms with Crippen LogP contribution in [-0.4, -0.2) is 26.5 Å². The summed E-state index contributed by atoms with van der Waals surface area (Å²) < 4.78 is 13.0. The van der Waals surface area contributed by atoms with E-state index in [2.05, 4.69) is 15.3 Å². The van der Waals surface area contributed by atoms with E-state index < -0.39 is 16.8 Å². The fraction of sp³-hybridized carbons (Fsp3) is 0.167. The summed E-state index contributed by atoms with van der Waals surface area (Å²) in [6.45, 7) is 0.0568. The lowest BCUT2D eigenvalue weighted by Gasteiger charge is -2.11. The summed E-state index contributed by atoms with van der Waals surface area (Å²) in [6.07, 6.45) is 1.18. The quantitative estimate of drug-likeness (QED) is 0.637. The van der Waals surface area contributed by atoms with E-state index in [9.17, 15) is 19.6 Å². The summed E-state index contributed by atoms with van der Waals surface area (Å²) in [5.41, 5.74) is 0.195. The zero-order valence-electron chi connectivity index (χ0n) is 10.2. The smallest absolute Gasteiger partial charge is 0.305 e. The van der Waals surface area contributed by atoms with Gasteiger partial charge in [0.25, 0.3) is 0 Å². The molecule has 1 aromatic carbocycles. The molecule has 8 heteroatoms. The van der Waals surface area contributed by atoms with Gasteiger partial charge in [0, 0.05) is 6.54 Å². The van der Waals surface area contributed by atoms with Crippen LogP contribution in [0.25, 0.3) is 0 Å². The van der Waals surface area contributed by atoms with Gasteiger partial charge in [0.15, 0.2) is 0 Å². The second-order valence-electron chi connectivity index (χ2n) is 3.97. The number of halogens is 1. The Bertz CT molecular complexity index is 606. The number of aromatic nitrogens is 2. The lowest BCUT2D eigenvalue weighted by molar-refractivity contribution is -0.385. The van der Waals surface area contributed by atoms with Crippen molar-refractivity contribution in [3.8, 4) is 0 Å². The van der Waals surface area contributed by atoms with Crippen LogP contribution in [0.15, 0.2) is 36.7 Å². The molecule has 0 radical (unpaired) electrons. The summed E-state index contributed by atoms with van der Waals surface area (Å²) in [5.74, 6) is -0.292. The molecule has 0 spiro atoms. The Hall–Kier alpha value is -2.61. The Balaban J connectivity index is 1.96. The normalized spacial score (nSPS) is 11.9. The van der Waals surface area contributed by atoms with Gasteiger partial charge < -0.3 is 10.4 Å². The van der Waals surface area contributed by atoms with E-state index in [1.165, 1.54) is 18.2 Å². The number of hydrogen-bond donors (Lipinski definition) is 2. The van der Waals surface area contributed by atoms with Crippen LogP contribution in [0.3, 0.4) is 0 Å². The molecule has 0 aliphatic carbocycles. The van der Waals surface area contributed by atoms with Crippen LogP contribution in [0.1, 0.15) is 11.7 Å². The highest BCUT2D eigenvalue weighted by atomic mass is 19.1. The van der Waals surface area contributed by atoms with Crippen LogP contribution < -0.4 is 5.32 Å². The Labute approximate surface area is 113 Å². The summed E-state index contributed by atoms with van der Waals surface area (Å²) in [5, 5.41) is 23.0. The van der Waals surface area contributed by atoms with Gasteiger partial charge in [0.05, 0.1) is 11.0 Å². The average molecular weight is 278 g/mol. The molecular formula is C12H11FN4O3.